The van der Waals surface area contributed by atoms with Gasteiger partial charge in [-0.1, -0.05) is 6.92 Å². The highest BCUT2D eigenvalue weighted by atomic mass is 19.4. The van der Waals surface area contributed by atoms with Crippen LogP contribution in [0, 0.1) is 6.92 Å². The predicted octanol–water partition coefficient (Wildman–Crippen LogP) is 3.79. The molecule has 1 unspecified atom stereocenters. The summed E-state index contributed by atoms with van der Waals surface area (Å²) in [6, 6.07) is 0.459. The number of hydrogen-bond donors (Lipinski definition) is 2. The maximum absolute atomic E-state index is 13.0. The second-order valence-electron chi connectivity index (χ2n) is 4.51. The lowest BCUT2D eigenvalue weighted by Crippen LogP contribution is -2.26. The van der Waals surface area contributed by atoms with E-state index in [4.69, 9.17) is 5.11 Å². The average Bonchev–Trinajstić information content (AvgIpc) is 2.35. The van der Waals surface area contributed by atoms with Crippen molar-refractivity contribution >= 4 is 5.76 Å². The monoisotopic (exact) mass is 329 g/mol. The van der Waals surface area contributed by atoms with Crippen molar-refractivity contribution in [2.24, 2.45) is 0 Å². The number of alkyl halides is 6. The number of aliphatic hydroxyl groups is 2. The summed E-state index contributed by atoms with van der Waals surface area (Å²) in [5, 5.41) is 18.3. The van der Waals surface area contributed by atoms with Crippen LogP contribution in [0.4, 0.5) is 26.3 Å². The minimum absolute atomic E-state index is 0.00640. The summed E-state index contributed by atoms with van der Waals surface area (Å²) >= 11 is 0. The van der Waals surface area contributed by atoms with Crippen molar-refractivity contribution in [3.05, 3.63) is 34.7 Å². The van der Waals surface area contributed by atoms with Gasteiger partial charge in [-0.25, -0.2) is 4.98 Å². The van der Waals surface area contributed by atoms with Crippen LogP contribution in [0.15, 0.2) is 12.1 Å². The van der Waals surface area contributed by atoms with E-state index in [0.29, 0.717) is 6.07 Å². The molecule has 0 fully saturated rings. The first-order valence-corrected chi connectivity index (χ1v) is 6.11. The Kier molecular flexibility index (Phi) is 5.11. The second-order valence-corrected chi connectivity index (χ2v) is 4.51. The van der Waals surface area contributed by atoms with Gasteiger partial charge in [-0.05, 0) is 31.1 Å². The van der Waals surface area contributed by atoms with E-state index in [2.05, 4.69) is 4.98 Å². The maximum Gasteiger partial charge on any atom is 0.418 e. The molecule has 1 atom stereocenters. The molecule has 22 heavy (non-hydrogen) atoms. The number of aromatic nitrogens is 1. The van der Waals surface area contributed by atoms with E-state index in [9.17, 15) is 31.4 Å². The Morgan fingerprint density at radius 2 is 1.82 bits per heavy atom. The molecule has 2 N–H and O–H groups in total. The molecule has 1 rings (SSSR count). The van der Waals surface area contributed by atoms with Gasteiger partial charge in [0.1, 0.15) is 11.5 Å². The lowest BCUT2D eigenvalue weighted by molar-refractivity contribution is -0.187. The molecule has 0 saturated carbocycles. The van der Waals surface area contributed by atoms with Gasteiger partial charge in [-0.3, -0.25) is 0 Å². The van der Waals surface area contributed by atoms with Gasteiger partial charge >= 0.3 is 12.4 Å². The van der Waals surface area contributed by atoms with Crippen molar-refractivity contribution in [2.75, 3.05) is 0 Å². The maximum atomic E-state index is 13.0. The molecule has 0 aliphatic rings. The van der Waals surface area contributed by atoms with Crippen LogP contribution in [0.25, 0.3) is 5.76 Å². The summed E-state index contributed by atoms with van der Waals surface area (Å²) in [6.45, 7) is 2.73. The minimum Gasteiger partial charge on any atom is -0.506 e. The molecule has 1 heterocycles. The lowest BCUT2D eigenvalue weighted by atomic mass is 10.0. The van der Waals surface area contributed by atoms with Crippen molar-refractivity contribution < 1.29 is 36.6 Å². The third kappa shape index (κ3) is 4.12. The zero-order valence-corrected chi connectivity index (χ0v) is 11.5. The highest BCUT2D eigenvalue weighted by Gasteiger charge is 2.38. The topological polar surface area (TPSA) is 53.4 Å². The highest BCUT2D eigenvalue weighted by molar-refractivity contribution is 5.57. The summed E-state index contributed by atoms with van der Waals surface area (Å²) in [6.07, 6.45) is -12.8. The van der Waals surface area contributed by atoms with Crippen molar-refractivity contribution in [2.45, 2.75) is 38.7 Å². The molecule has 0 aromatic carbocycles. The molecule has 1 aromatic heterocycles. The Morgan fingerprint density at radius 1 is 1.27 bits per heavy atom. The van der Waals surface area contributed by atoms with Crippen LogP contribution in [0.2, 0.25) is 0 Å². The molecule has 0 saturated heterocycles. The number of pyridine rings is 1. The summed E-state index contributed by atoms with van der Waals surface area (Å²) in [4.78, 5) is 3.66. The summed E-state index contributed by atoms with van der Waals surface area (Å²) in [5.41, 5.74) is -1.95. The number of aryl methyl sites for hydroxylation is 1. The zero-order valence-electron chi connectivity index (χ0n) is 11.5. The first-order valence-electron chi connectivity index (χ1n) is 6.11. The summed E-state index contributed by atoms with van der Waals surface area (Å²) < 4.78 is 75.4. The molecule has 1 aromatic rings. The SMILES string of the molecule is CCc1c(C(F)(F)F)cc(/C(O)=C/C(O)C(F)(F)F)nc1C. The van der Waals surface area contributed by atoms with Gasteiger partial charge in [0.05, 0.1) is 5.56 Å². The van der Waals surface area contributed by atoms with Crippen molar-refractivity contribution in [1.29, 1.82) is 0 Å². The highest BCUT2D eigenvalue weighted by Crippen LogP contribution is 2.35. The van der Waals surface area contributed by atoms with Gasteiger partial charge < -0.3 is 10.2 Å². The summed E-state index contributed by atoms with van der Waals surface area (Å²) in [7, 11) is 0. The fraction of sp³-hybridized carbons (Fsp3) is 0.462. The largest absolute Gasteiger partial charge is 0.506 e. The molecular formula is C13H13F6NO2. The van der Waals surface area contributed by atoms with Gasteiger partial charge in [0, 0.05) is 5.69 Å². The van der Waals surface area contributed by atoms with Crippen LogP contribution in [-0.4, -0.2) is 27.5 Å². The van der Waals surface area contributed by atoms with Gasteiger partial charge in [-0.2, -0.15) is 26.3 Å². The molecule has 3 nitrogen and oxygen atoms in total. The second kappa shape index (κ2) is 6.15. The summed E-state index contributed by atoms with van der Waals surface area (Å²) in [5.74, 6) is -1.18. The van der Waals surface area contributed by atoms with Crippen molar-refractivity contribution in [3.8, 4) is 0 Å². The van der Waals surface area contributed by atoms with Crippen LogP contribution in [0.5, 0.6) is 0 Å². The normalized spacial score (nSPS) is 15.0. The molecule has 0 radical (unpaired) electrons. The number of hydrogen-bond acceptors (Lipinski definition) is 3. The Bertz CT molecular complexity index is 577. The number of rotatable bonds is 3. The van der Waals surface area contributed by atoms with E-state index in [0.717, 1.165) is 0 Å². The fourth-order valence-electron chi connectivity index (χ4n) is 1.86. The Morgan fingerprint density at radius 3 is 2.23 bits per heavy atom. The van der Waals surface area contributed by atoms with Crippen molar-refractivity contribution in [1.82, 2.24) is 4.98 Å². The standard InChI is InChI=1S/C13H13F6NO2/c1-3-7-6(2)20-9(4-8(7)12(14,15)16)10(21)5-11(22)13(17,18)19/h4-5,11,21-22H,3H2,1-2H3/b10-5-. The van der Waals surface area contributed by atoms with E-state index < -0.39 is 35.5 Å². The Hall–Kier alpha value is -1.77. The fourth-order valence-corrected chi connectivity index (χ4v) is 1.86. The molecule has 9 heteroatoms. The zero-order chi connectivity index (χ0) is 17.3. The Balaban J connectivity index is 3.39. The van der Waals surface area contributed by atoms with Crippen LogP contribution in [0.3, 0.4) is 0 Å². The third-order valence-electron chi connectivity index (χ3n) is 2.90. The number of aliphatic hydroxyl groups excluding tert-OH is 2. The van der Waals surface area contributed by atoms with Crippen LogP contribution in [-0.2, 0) is 12.6 Å². The molecule has 124 valence electrons. The first-order chi connectivity index (χ1) is 9.87. The van der Waals surface area contributed by atoms with E-state index >= 15 is 0 Å². The predicted molar refractivity (Wildman–Crippen MR) is 66.0 cm³/mol. The molecular weight excluding hydrogens is 316 g/mol. The third-order valence-corrected chi connectivity index (χ3v) is 2.90. The van der Waals surface area contributed by atoms with Gasteiger partial charge in [0.25, 0.3) is 0 Å². The van der Waals surface area contributed by atoms with Crippen LogP contribution < -0.4 is 0 Å². The molecule has 0 bridgehead atoms. The van der Waals surface area contributed by atoms with E-state index in [1.165, 1.54) is 13.8 Å². The number of halogens is 6. The Labute approximate surface area is 121 Å². The van der Waals surface area contributed by atoms with E-state index in [1.54, 1.807) is 0 Å². The van der Waals surface area contributed by atoms with Gasteiger partial charge in [-0.15, -0.1) is 0 Å². The molecule has 0 aliphatic heterocycles. The number of nitrogens with zero attached hydrogens (tertiary/aromatic N) is 1. The average molecular weight is 329 g/mol. The smallest absolute Gasteiger partial charge is 0.418 e. The van der Waals surface area contributed by atoms with Crippen molar-refractivity contribution in [3.63, 3.8) is 0 Å². The van der Waals surface area contributed by atoms with Crippen LogP contribution in [0.1, 0.15) is 29.4 Å². The first kappa shape index (κ1) is 18.3. The van der Waals surface area contributed by atoms with Gasteiger partial charge in [0.2, 0.25) is 0 Å². The minimum atomic E-state index is -5.04. The molecule has 0 amide bonds. The van der Waals surface area contributed by atoms with E-state index in [-0.39, 0.29) is 23.8 Å². The molecule has 0 aliphatic carbocycles. The van der Waals surface area contributed by atoms with E-state index in [1.807, 2.05) is 0 Å². The van der Waals surface area contributed by atoms with Gasteiger partial charge in [0.15, 0.2) is 6.10 Å². The van der Waals surface area contributed by atoms with Crippen LogP contribution >= 0.6 is 0 Å². The molecule has 0 spiro atoms. The lowest BCUT2D eigenvalue weighted by Gasteiger charge is -2.16. The quantitative estimate of drug-likeness (QED) is 0.655.